The minimum Gasteiger partial charge on any atom is -0.391 e. The van der Waals surface area contributed by atoms with Gasteiger partial charge in [0.25, 0.3) is 0 Å². The third-order valence-corrected chi connectivity index (χ3v) is 2.57. The van der Waals surface area contributed by atoms with Crippen LogP contribution in [0.5, 0.6) is 0 Å². The summed E-state index contributed by atoms with van der Waals surface area (Å²) in [5.41, 5.74) is 0.972. The Balaban J connectivity index is 4.20. The Morgan fingerprint density at radius 2 is 2.00 bits per heavy atom. The SMILES string of the molecule is CNC(=CC#N)CC(CC(C)NC)NC. The van der Waals surface area contributed by atoms with Gasteiger partial charge in [0.2, 0.25) is 0 Å². The van der Waals surface area contributed by atoms with E-state index in [1.165, 1.54) is 0 Å². The van der Waals surface area contributed by atoms with Crippen LogP contribution in [0, 0.1) is 11.3 Å². The summed E-state index contributed by atoms with van der Waals surface area (Å²) in [4.78, 5) is 0. The number of nitrogens with one attached hydrogen (secondary N) is 3. The van der Waals surface area contributed by atoms with Crippen LogP contribution in [-0.4, -0.2) is 33.2 Å². The molecule has 0 spiro atoms. The molecule has 4 nitrogen and oxygen atoms in total. The van der Waals surface area contributed by atoms with Crippen LogP contribution in [0.4, 0.5) is 0 Å². The Bertz CT molecular complexity index is 229. The van der Waals surface area contributed by atoms with E-state index in [1.807, 2.05) is 27.2 Å². The fraction of sp³-hybridized carbons (Fsp3) is 0.727. The highest BCUT2D eigenvalue weighted by molar-refractivity contribution is 5.12. The molecule has 2 unspecified atom stereocenters. The van der Waals surface area contributed by atoms with Gasteiger partial charge >= 0.3 is 0 Å². The average molecular weight is 210 g/mol. The van der Waals surface area contributed by atoms with Crippen molar-refractivity contribution in [3.05, 3.63) is 11.8 Å². The van der Waals surface area contributed by atoms with Crippen molar-refractivity contribution in [1.29, 1.82) is 5.26 Å². The molecular formula is C11H22N4. The van der Waals surface area contributed by atoms with Crippen LogP contribution >= 0.6 is 0 Å². The van der Waals surface area contributed by atoms with Crippen molar-refractivity contribution in [2.75, 3.05) is 21.1 Å². The number of hydrogen-bond donors (Lipinski definition) is 3. The molecule has 0 aromatic rings. The summed E-state index contributed by atoms with van der Waals surface area (Å²) in [5.74, 6) is 0. The zero-order valence-corrected chi connectivity index (χ0v) is 10.1. The normalized spacial score (nSPS) is 15.5. The molecule has 0 rings (SSSR count). The summed E-state index contributed by atoms with van der Waals surface area (Å²) in [6.07, 6.45) is 3.46. The first-order valence-corrected chi connectivity index (χ1v) is 5.28. The van der Waals surface area contributed by atoms with Gasteiger partial charge in [-0.25, -0.2) is 0 Å². The van der Waals surface area contributed by atoms with Gasteiger partial charge in [0.05, 0.1) is 6.07 Å². The molecule has 0 aromatic heterocycles. The molecule has 0 aliphatic heterocycles. The van der Waals surface area contributed by atoms with E-state index in [0.29, 0.717) is 12.1 Å². The predicted octanol–water partition coefficient (Wildman–Crippen LogP) is 0.589. The van der Waals surface area contributed by atoms with Crippen molar-refractivity contribution >= 4 is 0 Å². The van der Waals surface area contributed by atoms with Gasteiger partial charge in [0, 0.05) is 37.3 Å². The fourth-order valence-corrected chi connectivity index (χ4v) is 1.42. The van der Waals surface area contributed by atoms with Gasteiger partial charge in [-0.1, -0.05) is 0 Å². The van der Waals surface area contributed by atoms with Gasteiger partial charge in [-0.15, -0.1) is 0 Å². The molecule has 0 radical (unpaired) electrons. The lowest BCUT2D eigenvalue weighted by Gasteiger charge is -2.21. The van der Waals surface area contributed by atoms with E-state index in [2.05, 4.69) is 22.9 Å². The molecular weight excluding hydrogens is 188 g/mol. The molecule has 0 fully saturated rings. The quantitative estimate of drug-likeness (QED) is 0.538. The molecule has 0 saturated carbocycles. The van der Waals surface area contributed by atoms with Crippen molar-refractivity contribution in [1.82, 2.24) is 16.0 Å². The third-order valence-electron chi connectivity index (χ3n) is 2.57. The second kappa shape index (κ2) is 8.27. The number of allylic oxidation sites excluding steroid dienone is 1. The van der Waals surface area contributed by atoms with Crippen LogP contribution < -0.4 is 16.0 Å². The molecule has 0 amide bonds. The summed E-state index contributed by atoms with van der Waals surface area (Å²) in [6, 6.07) is 2.91. The molecule has 0 bridgehead atoms. The number of hydrogen-bond acceptors (Lipinski definition) is 4. The Hall–Kier alpha value is -1.05. The summed E-state index contributed by atoms with van der Waals surface area (Å²) < 4.78 is 0. The zero-order valence-electron chi connectivity index (χ0n) is 10.1. The van der Waals surface area contributed by atoms with E-state index < -0.39 is 0 Å². The van der Waals surface area contributed by atoms with Gasteiger partial charge < -0.3 is 16.0 Å². The van der Waals surface area contributed by atoms with E-state index in [4.69, 9.17) is 5.26 Å². The highest BCUT2D eigenvalue weighted by Gasteiger charge is 2.11. The molecule has 4 heteroatoms. The highest BCUT2D eigenvalue weighted by atomic mass is 14.9. The smallest absolute Gasteiger partial charge is 0.0930 e. The first-order valence-electron chi connectivity index (χ1n) is 5.28. The van der Waals surface area contributed by atoms with Gasteiger partial charge in [-0.05, 0) is 27.4 Å². The van der Waals surface area contributed by atoms with Gasteiger partial charge in [0.1, 0.15) is 0 Å². The summed E-state index contributed by atoms with van der Waals surface area (Å²) >= 11 is 0. The van der Waals surface area contributed by atoms with E-state index in [1.54, 1.807) is 6.08 Å². The molecule has 3 N–H and O–H groups in total. The monoisotopic (exact) mass is 210 g/mol. The van der Waals surface area contributed by atoms with Crippen molar-refractivity contribution in [3.8, 4) is 6.07 Å². The molecule has 0 aliphatic rings. The lowest BCUT2D eigenvalue weighted by molar-refractivity contribution is 0.438. The Kier molecular flexibility index (Phi) is 7.69. The standard InChI is InChI=1S/C11H22N4/c1-9(13-2)7-11(15-4)8-10(14-3)5-6-12/h5,9,11,13-15H,7-8H2,1-4H3. The van der Waals surface area contributed by atoms with E-state index >= 15 is 0 Å². The second-order valence-electron chi connectivity index (χ2n) is 3.66. The van der Waals surface area contributed by atoms with Crippen molar-refractivity contribution < 1.29 is 0 Å². The van der Waals surface area contributed by atoms with Gasteiger partial charge in [-0.2, -0.15) is 5.26 Å². The molecule has 0 saturated heterocycles. The van der Waals surface area contributed by atoms with E-state index in [0.717, 1.165) is 18.5 Å². The largest absolute Gasteiger partial charge is 0.391 e. The number of rotatable bonds is 7. The van der Waals surface area contributed by atoms with Crippen LogP contribution in [0.3, 0.4) is 0 Å². The predicted molar refractivity (Wildman–Crippen MR) is 63.4 cm³/mol. The summed E-state index contributed by atoms with van der Waals surface area (Å²) in [7, 11) is 5.76. The Morgan fingerprint density at radius 1 is 1.33 bits per heavy atom. The van der Waals surface area contributed by atoms with Gasteiger partial charge in [0.15, 0.2) is 0 Å². The van der Waals surface area contributed by atoms with Crippen LogP contribution in [0.25, 0.3) is 0 Å². The fourth-order valence-electron chi connectivity index (χ4n) is 1.42. The number of nitriles is 1. The minimum absolute atomic E-state index is 0.388. The van der Waals surface area contributed by atoms with Crippen LogP contribution in [0.15, 0.2) is 11.8 Å². The minimum atomic E-state index is 0.388. The van der Waals surface area contributed by atoms with Crippen LogP contribution in [-0.2, 0) is 0 Å². The first kappa shape index (κ1) is 13.9. The van der Waals surface area contributed by atoms with Crippen molar-refractivity contribution in [2.24, 2.45) is 0 Å². The van der Waals surface area contributed by atoms with Crippen LogP contribution in [0.1, 0.15) is 19.8 Å². The Morgan fingerprint density at radius 3 is 2.40 bits per heavy atom. The first-order chi connectivity index (χ1) is 7.17. The van der Waals surface area contributed by atoms with Crippen molar-refractivity contribution in [2.45, 2.75) is 31.8 Å². The molecule has 15 heavy (non-hydrogen) atoms. The summed E-state index contributed by atoms with van der Waals surface area (Å²) in [6.45, 7) is 2.15. The molecule has 0 aromatic carbocycles. The number of nitrogens with zero attached hydrogens (tertiary/aromatic N) is 1. The maximum absolute atomic E-state index is 8.58. The van der Waals surface area contributed by atoms with E-state index in [-0.39, 0.29) is 0 Å². The topological polar surface area (TPSA) is 59.9 Å². The maximum Gasteiger partial charge on any atom is 0.0930 e. The maximum atomic E-state index is 8.58. The average Bonchev–Trinajstić information content (AvgIpc) is 2.26. The molecule has 86 valence electrons. The highest BCUT2D eigenvalue weighted by Crippen LogP contribution is 2.07. The lowest BCUT2D eigenvalue weighted by Crippen LogP contribution is -2.35. The second-order valence-corrected chi connectivity index (χ2v) is 3.66. The van der Waals surface area contributed by atoms with Crippen LogP contribution in [0.2, 0.25) is 0 Å². The molecule has 0 heterocycles. The summed E-state index contributed by atoms with van der Waals surface area (Å²) in [5, 5.41) is 18.1. The third kappa shape index (κ3) is 6.10. The lowest BCUT2D eigenvalue weighted by atomic mass is 10.0. The molecule has 0 aliphatic carbocycles. The molecule has 2 atom stereocenters. The zero-order chi connectivity index (χ0) is 11.7. The van der Waals surface area contributed by atoms with Crippen molar-refractivity contribution in [3.63, 3.8) is 0 Å². The Labute approximate surface area is 92.7 Å². The van der Waals surface area contributed by atoms with E-state index in [9.17, 15) is 0 Å². The van der Waals surface area contributed by atoms with Gasteiger partial charge in [-0.3, -0.25) is 0 Å².